The number of rotatable bonds is 13. The Morgan fingerprint density at radius 1 is 0.426 bits per heavy atom. The quantitative estimate of drug-likeness (QED) is 0.100. The SMILES string of the molecule is C=C(C)C(=O)O.C=C(C)C(=O)O.C=C(C)C(=O)O.C=C(C)C(=O)O.C=CC(=O)O.OCC(CO)(CO)CO.OCC(CO)(CO)CO. The molecule has 47 heavy (non-hydrogen) atoms. The molecule has 0 saturated heterocycles. The highest BCUT2D eigenvalue weighted by Gasteiger charge is 2.27. The fourth-order valence-corrected chi connectivity index (χ4v) is 0.600. The van der Waals surface area contributed by atoms with Gasteiger partial charge in [-0.3, -0.25) is 0 Å². The summed E-state index contributed by atoms with van der Waals surface area (Å²) >= 11 is 0. The highest BCUT2D eigenvalue weighted by atomic mass is 16.4. The van der Waals surface area contributed by atoms with Crippen LogP contribution in [0.15, 0.2) is 61.3 Å². The van der Waals surface area contributed by atoms with Crippen LogP contribution in [0.3, 0.4) is 0 Å². The molecule has 0 aromatic carbocycles. The molecule has 0 bridgehead atoms. The highest BCUT2D eigenvalue weighted by Crippen LogP contribution is 2.12. The molecule has 0 aliphatic heterocycles. The van der Waals surface area contributed by atoms with Crippen molar-refractivity contribution in [1.82, 2.24) is 0 Å². The number of carbonyl (C=O) groups is 5. The Morgan fingerprint density at radius 2 is 0.511 bits per heavy atom. The highest BCUT2D eigenvalue weighted by molar-refractivity contribution is 5.85. The van der Waals surface area contributed by atoms with Crippen LogP contribution in [0.5, 0.6) is 0 Å². The van der Waals surface area contributed by atoms with Gasteiger partial charge in [0.2, 0.25) is 0 Å². The van der Waals surface area contributed by atoms with Gasteiger partial charge >= 0.3 is 29.8 Å². The Labute approximate surface area is 273 Å². The molecule has 0 aliphatic rings. The van der Waals surface area contributed by atoms with Crippen molar-refractivity contribution in [3.8, 4) is 0 Å². The molecule has 276 valence electrons. The largest absolute Gasteiger partial charge is 0.478 e. The summed E-state index contributed by atoms with van der Waals surface area (Å²) in [5, 5.41) is 107. The van der Waals surface area contributed by atoms with Crippen LogP contribution in [0, 0.1) is 10.8 Å². The molecule has 13 N–H and O–H groups in total. The fraction of sp³-hybridized carbons (Fsp3) is 0.483. The van der Waals surface area contributed by atoms with Crippen molar-refractivity contribution >= 4 is 29.8 Å². The van der Waals surface area contributed by atoms with Gasteiger partial charge in [0.05, 0.1) is 63.7 Å². The van der Waals surface area contributed by atoms with Gasteiger partial charge in [0.25, 0.3) is 0 Å². The third kappa shape index (κ3) is 46.3. The molecule has 0 heterocycles. The second-order valence-corrected chi connectivity index (χ2v) is 9.15. The van der Waals surface area contributed by atoms with Crippen molar-refractivity contribution in [2.24, 2.45) is 10.8 Å². The second-order valence-electron chi connectivity index (χ2n) is 9.15. The first-order chi connectivity index (χ1) is 21.3. The third-order valence-electron chi connectivity index (χ3n) is 4.32. The van der Waals surface area contributed by atoms with E-state index in [0.29, 0.717) is 0 Å². The van der Waals surface area contributed by atoms with Crippen molar-refractivity contribution in [3.63, 3.8) is 0 Å². The summed E-state index contributed by atoms with van der Waals surface area (Å²) in [5.41, 5.74) is -1.52. The first-order valence-electron chi connectivity index (χ1n) is 12.6. The zero-order valence-corrected chi connectivity index (χ0v) is 27.1. The fourth-order valence-electron chi connectivity index (χ4n) is 0.600. The topological polar surface area (TPSA) is 348 Å². The molecule has 0 aromatic heterocycles. The number of aliphatic hydroxyl groups excluding tert-OH is 8. The lowest BCUT2D eigenvalue weighted by atomic mass is 9.93. The smallest absolute Gasteiger partial charge is 0.330 e. The Kier molecular flexibility index (Phi) is 44.9. The van der Waals surface area contributed by atoms with E-state index in [0.717, 1.165) is 6.08 Å². The predicted molar refractivity (Wildman–Crippen MR) is 169 cm³/mol. The lowest BCUT2D eigenvalue weighted by Gasteiger charge is -2.23. The molecule has 0 amide bonds. The molecular weight excluding hydrogens is 636 g/mol. The summed E-state index contributed by atoms with van der Waals surface area (Å²) in [7, 11) is 0. The van der Waals surface area contributed by atoms with Gasteiger partial charge < -0.3 is 66.4 Å². The van der Waals surface area contributed by atoms with E-state index in [-0.39, 0.29) is 22.3 Å². The van der Waals surface area contributed by atoms with Gasteiger partial charge in [-0.2, -0.15) is 0 Å². The van der Waals surface area contributed by atoms with Crippen LogP contribution in [0.2, 0.25) is 0 Å². The van der Waals surface area contributed by atoms with Crippen molar-refractivity contribution in [2.75, 3.05) is 52.9 Å². The van der Waals surface area contributed by atoms with E-state index in [2.05, 4.69) is 32.9 Å². The van der Waals surface area contributed by atoms with Crippen LogP contribution in [-0.2, 0) is 24.0 Å². The minimum absolute atomic E-state index is 0.176. The molecule has 0 radical (unpaired) electrons. The van der Waals surface area contributed by atoms with E-state index < -0.39 is 93.5 Å². The van der Waals surface area contributed by atoms with Crippen LogP contribution in [0.1, 0.15) is 27.7 Å². The number of hydrogen-bond donors (Lipinski definition) is 13. The minimum atomic E-state index is -1.11. The summed E-state index contributed by atoms with van der Waals surface area (Å²) in [4.78, 5) is 47.6. The lowest BCUT2D eigenvalue weighted by Crippen LogP contribution is -2.37. The monoisotopic (exact) mass is 688 g/mol. The molecule has 18 heteroatoms. The third-order valence-corrected chi connectivity index (χ3v) is 4.32. The number of carboxylic acid groups (broad SMARTS) is 5. The van der Waals surface area contributed by atoms with Crippen LogP contribution >= 0.6 is 0 Å². The van der Waals surface area contributed by atoms with E-state index >= 15 is 0 Å². The summed E-state index contributed by atoms with van der Waals surface area (Å²) in [5.74, 6) is -4.72. The van der Waals surface area contributed by atoms with Crippen LogP contribution in [-0.4, -0.2) is 149 Å². The van der Waals surface area contributed by atoms with Gasteiger partial charge in [0, 0.05) is 28.4 Å². The average molecular weight is 689 g/mol. The maximum atomic E-state index is 9.60. The van der Waals surface area contributed by atoms with Gasteiger partial charge in [-0.25, -0.2) is 24.0 Å². The van der Waals surface area contributed by atoms with E-state index in [1.807, 2.05) is 0 Å². The zero-order chi connectivity index (χ0) is 39.6. The van der Waals surface area contributed by atoms with E-state index in [1.54, 1.807) is 0 Å². The van der Waals surface area contributed by atoms with Gasteiger partial charge in [0.1, 0.15) is 0 Å². The Morgan fingerprint density at radius 3 is 0.511 bits per heavy atom. The molecule has 0 atom stereocenters. The normalized spacial score (nSPS) is 9.11. The molecule has 0 rings (SSSR count). The Hall–Kier alpha value is -4.27. The summed E-state index contributed by atoms with van der Waals surface area (Å²) < 4.78 is 0. The maximum absolute atomic E-state index is 9.60. The number of aliphatic hydroxyl groups is 8. The molecule has 0 aliphatic carbocycles. The van der Waals surface area contributed by atoms with E-state index in [1.165, 1.54) is 27.7 Å². The van der Waals surface area contributed by atoms with E-state index in [4.69, 9.17) is 66.4 Å². The average Bonchev–Trinajstić information content (AvgIpc) is 3.01. The number of carboxylic acids is 5. The van der Waals surface area contributed by atoms with Crippen LogP contribution in [0.4, 0.5) is 0 Å². The summed E-state index contributed by atoms with van der Waals surface area (Å²) in [6.07, 6.45) is 0.833. The Balaban J connectivity index is -0.0000000803. The molecule has 0 unspecified atom stereocenters. The van der Waals surface area contributed by atoms with Crippen molar-refractivity contribution < 1.29 is 90.4 Å². The summed E-state index contributed by atoms with van der Waals surface area (Å²) in [6, 6.07) is 0. The number of aliphatic carboxylic acids is 5. The summed E-state index contributed by atoms with van der Waals surface area (Å²) in [6.45, 7) is 18.1. The van der Waals surface area contributed by atoms with Crippen molar-refractivity contribution in [3.05, 3.63) is 61.3 Å². The molecule has 0 saturated carbocycles. The molecule has 0 fully saturated rings. The molecule has 18 nitrogen and oxygen atoms in total. The zero-order valence-electron chi connectivity index (χ0n) is 27.1. The van der Waals surface area contributed by atoms with Gasteiger partial charge in [-0.15, -0.1) is 0 Å². The van der Waals surface area contributed by atoms with Gasteiger partial charge in [-0.05, 0) is 27.7 Å². The first-order valence-corrected chi connectivity index (χ1v) is 12.6. The van der Waals surface area contributed by atoms with E-state index in [9.17, 15) is 24.0 Å². The van der Waals surface area contributed by atoms with Crippen molar-refractivity contribution in [1.29, 1.82) is 0 Å². The molecule has 0 aromatic rings. The van der Waals surface area contributed by atoms with Crippen molar-refractivity contribution in [2.45, 2.75) is 27.7 Å². The molecular formula is C29H52O18. The van der Waals surface area contributed by atoms with Gasteiger partial charge in [0.15, 0.2) is 0 Å². The standard InChI is InChI=1S/2C5H12O4.4C4H6O2.C3H4O2/c2*6-1-5(2-7,3-8)4-9;4*1-3(2)4(5)6;1-2-3(4)5/h2*6-9H,1-4H2;4*1H2,2H3,(H,5,6);2H,1H2,(H,4,5). The maximum Gasteiger partial charge on any atom is 0.330 e. The van der Waals surface area contributed by atoms with Crippen LogP contribution < -0.4 is 0 Å². The second kappa shape index (κ2) is 36.2. The first kappa shape index (κ1) is 58.3. The number of hydrogen-bond acceptors (Lipinski definition) is 13. The molecule has 0 spiro atoms. The van der Waals surface area contributed by atoms with Crippen LogP contribution in [0.25, 0.3) is 0 Å². The lowest BCUT2D eigenvalue weighted by molar-refractivity contribution is -0.133. The van der Waals surface area contributed by atoms with Gasteiger partial charge in [-0.1, -0.05) is 32.9 Å². The predicted octanol–water partition coefficient (Wildman–Crippen LogP) is -1.27. The Bertz CT molecular complexity index is 761. The minimum Gasteiger partial charge on any atom is -0.478 e.